The highest BCUT2D eigenvalue weighted by atomic mass is 32.2. The summed E-state index contributed by atoms with van der Waals surface area (Å²) in [7, 11) is 0. The molecule has 3 rings (SSSR count). The first-order valence-corrected chi connectivity index (χ1v) is 9.58. The Labute approximate surface area is 167 Å². The summed E-state index contributed by atoms with van der Waals surface area (Å²) in [5, 5.41) is 12.0. The normalized spacial score (nSPS) is 10.3. The summed E-state index contributed by atoms with van der Waals surface area (Å²) in [6.45, 7) is 2.03. The second kappa shape index (κ2) is 9.10. The van der Waals surface area contributed by atoms with Crippen LogP contribution in [0.1, 0.15) is 26.3 Å². The van der Waals surface area contributed by atoms with Gasteiger partial charge in [-0.1, -0.05) is 53.7 Å². The van der Waals surface area contributed by atoms with Crippen molar-refractivity contribution in [3.63, 3.8) is 0 Å². The summed E-state index contributed by atoms with van der Waals surface area (Å²) in [6.07, 6.45) is 0. The third kappa shape index (κ3) is 4.92. The van der Waals surface area contributed by atoms with E-state index in [1.165, 1.54) is 17.7 Å². The van der Waals surface area contributed by atoms with Gasteiger partial charge >= 0.3 is 5.97 Å². The van der Waals surface area contributed by atoms with Gasteiger partial charge in [0.25, 0.3) is 5.91 Å². The number of carbonyl (C=O) groups excluding carboxylic acids is 1. The molecule has 0 bridgehead atoms. The van der Waals surface area contributed by atoms with Gasteiger partial charge in [-0.2, -0.15) is 0 Å². The van der Waals surface area contributed by atoms with Gasteiger partial charge in [-0.3, -0.25) is 4.79 Å². The quantitative estimate of drug-likeness (QED) is 0.433. The van der Waals surface area contributed by atoms with Crippen molar-refractivity contribution in [3.05, 3.63) is 89.5 Å². The first-order valence-electron chi connectivity index (χ1n) is 8.59. The maximum atomic E-state index is 12.6. The lowest BCUT2D eigenvalue weighted by Crippen LogP contribution is -2.16. The minimum absolute atomic E-state index is 0.0478. The minimum Gasteiger partial charge on any atom is -0.480 e. The molecule has 0 aliphatic carbocycles. The van der Waals surface area contributed by atoms with E-state index in [0.29, 0.717) is 17.4 Å². The highest BCUT2D eigenvalue weighted by molar-refractivity contribution is 7.99. The Morgan fingerprint density at radius 3 is 2.43 bits per heavy atom. The number of carboxylic acid groups (broad SMARTS) is 1. The molecule has 3 aromatic rings. The third-order valence-corrected chi connectivity index (χ3v) is 4.79. The van der Waals surface area contributed by atoms with Gasteiger partial charge in [0, 0.05) is 4.90 Å². The fourth-order valence-electron chi connectivity index (χ4n) is 2.62. The van der Waals surface area contributed by atoms with E-state index in [2.05, 4.69) is 11.4 Å². The van der Waals surface area contributed by atoms with Crippen molar-refractivity contribution in [2.45, 2.75) is 11.8 Å². The average molecular weight is 393 g/mol. The number of carbonyl (C=O) groups is 2. The number of benzene rings is 3. The minimum atomic E-state index is -1.15. The van der Waals surface area contributed by atoms with Crippen molar-refractivity contribution in [1.29, 1.82) is 0 Å². The molecule has 0 heterocycles. The number of hydrogen-bond acceptors (Lipinski definition) is 4. The van der Waals surface area contributed by atoms with Crippen LogP contribution in [0.5, 0.6) is 5.75 Å². The molecule has 5 nitrogen and oxygen atoms in total. The summed E-state index contributed by atoms with van der Waals surface area (Å²) in [4.78, 5) is 25.0. The summed E-state index contributed by atoms with van der Waals surface area (Å²) in [6, 6.07) is 21.3. The lowest BCUT2D eigenvalue weighted by Gasteiger charge is -2.13. The number of ether oxygens (including phenoxy) is 1. The van der Waals surface area contributed by atoms with Gasteiger partial charge in [-0.25, -0.2) is 4.79 Å². The van der Waals surface area contributed by atoms with Gasteiger partial charge in [0.05, 0.1) is 16.8 Å². The van der Waals surface area contributed by atoms with Gasteiger partial charge in [0.2, 0.25) is 0 Å². The van der Waals surface area contributed by atoms with E-state index in [9.17, 15) is 14.7 Å². The molecule has 0 aliphatic rings. The van der Waals surface area contributed by atoms with Crippen molar-refractivity contribution < 1.29 is 19.4 Å². The molecule has 0 aliphatic heterocycles. The van der Waals surface area contributed by atoms with Crippen LogP contribution in [0.4, 0.5) is 5.69 Å². The second-order valence-electron chi connectivity index (χ2n) is 6.02. The molecule has 1 amide bonds. The highest BCUT2D eigenvalue weighted by Crippen LogP contribution is 2.27. The van der Waals surface area contributed by atoms with E-state index < -0.39 is 11.9 Å². The number of aromatic carboxylic acids is 1. The number of aryl methyl sites for hydroxylation is 1. The van der Waals surface area contributed by atoms with Crippen molar-refractivity contribution in [3.8, 4) is 5.75 Å². The SMILES string of the molecule is Cc1cccc(SCOc2ccccc2NC(=O)c2ccccc2C(=O)O)c1. The molecule has 3 aromatic carbocycles. The Morgan fingerprint density at radius 1 is 0.964 bits per heavy atom. The molecule has 0 saturated heterocycles. The maximum absolute atomic E-state index is 12.6. The molecule has 0 unspecified atom stereocenters. The number of carboxylic acids is 1. The van der Waals surface area contributed by atoms with Crippen LogP contribution in [0.15, 0.2) is 77.7 Å². The van der Waals surface area contributed by atoms with Crippen molar-refractivity contribution in [2.24, 2.45) is 0 Å². The largest absolute Gasteiger partial charge is 0.480 e. The standard InChI is InChI=1S/C22H19NO4S/c1-15-7-6-8-16(13-15)28-14-27-20-12-5-4-11-19(20)23-21(24)17-9-2-3-10-18(17)22(25)26/h2-13H,14H2,1H3,(H,23,24)(H,25,26). The van der Waals surface area contributed by atoms with Crippen LogP contribution in [0.2, 0.25) is 0 Å². The summed E-state index contributed by atoms with van der Waals surface area (Å²) in [5.74, 6) is -0.753. The summed E-state index contributed by atoms with van der Waals surface area (Å²) >= 11 is 1.55. The molecule has 142 valence electrons. The van der Waals surface area contributed by atoms with Crippen LogP contribution in [0, 0.1) is 6.92 Å². The first kappa shape index (κ1) is 19.5. The van der Waals surface area contributed by atoms with Crippen molar-refractivity contribution >= 4 is 29.3 Å². The molecule has 0 aromatic heterocycles. The molecule has 0 radical (unpaired) electrons. The molecule has 2 N–H and O–H groups in total. The van der Waals surface area contributed by atoms with Crippen molar-refractivity contribution in [1.82, 2.24) is 0 Å². The number of thioether (sulfide) groups is 1. The predicted molar refractivity (Wildman–Crippen MR) is 110 cm³/mol. The van der Waals surface area contributed by atoms with E-state index >= 15 is 0 Å². The number of hydrogen-bond donors (Lipinski definition) is 2. The first-order chi connectivity index (χ1) is 13.5. The number of anilines is 1. The number of nitrogens with one attached hydrogen (secondary N) is 1. The molecule has 0 atom stereocenters. The molecule has 0 saturated carbocycles. The Morgan fingerprint density at radius 2 is 1.68 bits per heavy atom. The van der Waals surface area contributed by atoms with Crippen LogP contribution >= 0.6 is 11.8 Å². The molecular weight excluding hydrogens is 374 g/mol. The van der Waals surface area contributed by atoms with E-state index in [0.717, 1.165) is 4.90 Å². The average Bonchev–Trinajstić information content (AvgIpc) is 2.69. The molecule has 28 heavy (non-hydrogen) atoms. The van der Waals surface area contributed by atoms with Crippen LogP contribution < -0.4 is 10.1 Å². The third-order valence-electron chi connectivity index (χ3n) is 3.97. The summed E-state index contributed by atoms with van der Waals surface area (Å²) < 4.78 is 5.83. The van der Waals surface area contributed by atoms with Crippen LogP contribution in [-0.4, -0.2) is 22.9 Å². The van der Waals surface area contributed by atoms with Gasteiger partial charge in [-0.15, -0.1) is 0 Å². The lowest BCUT2D eigenvalue weighted by molar-refractivity contribution is 0.0692. The number of para-hydroxylation sites is 2. The predicted octanol–water partition coefficient (Wildman–Crippen LogP) is 5.07. The Hall–Kier alpha value is -3.25. The molecular formula is C22H19NO4S. The van der Waals surface area contributed by atoms with E-state index in [1.54, 1.807) is 42.1 Å². The van der Waals surface area contributed by atoms with Crippen molar-refractivity contribution in [2.75, 3.05) is 11.3 Å². The molecule has 0 fully saturated rings. The van der Waals surface area contributed by atoms with Crippen LogP contribution in [0.3, 0.4) is 0 Å². The monoisotopic (exact) mass is 393 g/mol. The Balaban J connectivity index is 1.70. The van der Waals surface area contributed by atoms with E-state index in [4.69, 9.17) is 4.74 Å². The Kier molecular flexibility index (Phi) is 6.34. The molecule has 6 heteroatoms. The number of amides is 1. The zero-order valence-electron chi connectivity index (χ0n) is 15.2. The topological polar surface area (TPSA) is 75.6 Å². The molecule has 0 spiro atoms. The maximum Gasteiger partial charge on any atom is 0.336 e. The van der Waals surface area contributed by atoms with Crippen LogP contribution in [-0.2, 0) is 0 Å². The zero-order valence-corrected chi connectivity index (χ0v) is 16.0. The highest BCUT2D eigenvalue weighted by Gasteiger charge is 2.17. The fraction of sp³-hybridized carbons (Fsp3) is 0.0909. The van der Waals surface area contributed by atoms with Gasteiger partial charge in [0.15, 0.2) is 0 Å². The van der Waals surface area contributed by atoms with Gasteiger partial charge in [-0.05, 0) is 43.3 Å². The van der Waals surface area contributed by atoms with Gasteiger partial charge < -0.3 is 15.2 Å². The van der Waals surface area contributed by atoms with E-state index in [1.807, 2.05) is 31.2 Å². The zero-order chi connectivity index (χ0) is 19.9. The second-order valence-corrected chi connectivity index (χ2v) is 7.02. The Bertz CT molecular complexity index is 1000. The number of rotatable bonds is 7. The fourth-order valence-corrected chi connectivity index (χ4v) is 3.39. The van der Waals surface area contributed by atoms with E-state index in [-0.39, 0.29) is 11.1 Å². The van der Waals surface area contributed by atoms with Gasteiger partial charge in [0.1, 0.15) is 11.7 Å². The lowest BCUT2D eigenvalue weighted by atomic mass is 10.1. The van der Waals surface area contributed by atoms with Crippen LogP contribution in [0.25, 0.3) is 0 Å². The smallest absolute Gasteiger partial charge is 0.336 e. The summed E-state index contributed by atoms with van der Waals surface area (Å²) in [5.41, 5.74) is 1.71.